The lowest BCUT2D eigenvalue weighted by Crippen LogP contribution is -2.25. The van der Waals surface area contributed by atoms with E-state index < -0.39 is 10.0 Å². The summed E-state index contributed by atoms with van der Waals surface area (Å²) in [6.45, 7) is 0.562. The van der Waals surface area contributed by atoms with E-state index in [2.05, 4.69) is 0 Å². The van der Waals surface area contributed by atoms with Crippen molar-refractivity contribution in [1.29, 1.82) is 0 Å². The molecule has 106 valence electrons. The molecule has 0 aliphatic carbocycles. The minimum absolute atomic E-state index is 0.0740. The minimum atomic E-state index is -3.15. The minimum Gasteiger partial charge on any atom is -0.493 e. The van der Waals surface area contributed by atoms with Gasteiger partial charge >= 0.3 is 0 Å². The average molecular weight is 287 g/mol. The van der Waals surface area contributed by atoms with E-state index in [4.69, 9.17) is 14.2 Å². The first-order valence-corrected chi connectivity index (χ1v) is 7.52. The second-order valence-corrected chi connectivity index (χ2v) is 6.62. The van der Waals surface area contributed by atoms with Crippen LogP contribution < -0.4 is 14.2 Å². The summed E-state index contributed by atoms with van der Waals surface area (Å²) in [4.78, 5) is 0. The molecule has 0 amide bonds. The molecule has 0 saturated heterocycles. The lowest BCUT2D eigenvalue weighted by Gasteiger charge is -2.11. The van der Waals surface area contributed by atoms with Crippen LogP contribution in [0.15, 0.2) is 18.2 Å². The number of nitrogens with zero attached hydrogens (tertiary/aromatic N) is 1. The van der Waals surface area contributed by atoms with Crippen molar-refractivity contribution in [3.8, 4) is 17.2 Å². The van der Waals surface area contributed by atoms with Crippen LogP contribution in [0.25, 0.3) is 0 Å². The van der Waals surface area contributed by atoms with Gasteiger partial charge in [0.25, 0.3) is 0 Å². The molecular weight excluding hydrogens is 270 g/mol. The molecule has 0 N–H and O–H groups in total. The predicted molar refractivity (Wildman–Crippen MR) is 70.2 cm³/mol. The van der Waals surface area contributed by atoms with Gasteiger partial charge in [0.2, 0.25) is 16.8 Å². The Morgan fingerprint density at radius 2 is 2.00 bits per heavy atom. The van der Waals surface area contributed by atoms with Crippen molar-refractivity contribution in [3.63, 3.8) is 0 Å². The largest absolute Gasteiger partial charge is 0.493 e. The summed E-state index contributed by atoms with van der Waals surface area (Å²) in [5.41, 5.74) is 0. The number of sulfonamides is 1. The van der Waals surface area contributed by atoms with Crippen LogP contribution in [0.2, 0.25) is 0 Å². The second-order valence-electron chi connectivity index (χ2n) is 4.32. The summed E-state index contributed by atoms with van der Waals surface area (Å²) >= 11 is 0. The molecule has 0 saturated carbocycles. The zero-order valence-corrected chi connectivity index (χ0v) is 11.8. The fraction of sp³-hybridized carbons (Fsp3) is 0.500. The molecule has 0 fully saturated rings. The van der Waals surface area contributed by atoms with Crippen LogP contribution in [0.5, 0.6) is 17.2 Å². The molecule has 0 atom stereocenters. The number of fused-ring (bicyclic) bond motifs is 1. The third-order valence-corrected chi connectivity index (χ3v) is 4.63. The van der Waals surface area contributed by atoms with Gasteiger partial charge in [-0.05, 0) is 18.6 Å². The van der Waals surface area contributed by atoms with E-state index >= 15 is 0 Å². The Morgan fingerprint density at radius 1 is 1.26 bits per heavy atom. The summed E-state index contributed by atoms with van der Waals surface area (Å²) in [5, 5.41) is 0. The van der Waals surface area contributed by atoms with Gasteiger partial charge in [-0.15, -0.1) is 0 Å². The molecule has 0 aromatic heterocycles. The van der Waals surface area contributed by atoms with Crippen LogP contribution in [0.4, 0.5) is 0 Å². The van der Waals surface area contributed by atoms with Gasteiger partial charge in [0, 0.05) is 20.2 Å². The molecule has 19 heavy (non-hydrogen) atoms. The predicted octanol–water partition coefficient (Wildman–Crippen LogP) is 1.08. The molecule has 0 bridgehead atoms. The van der Waals surface area contributed by atoms with Crippen molar-refractivity contribution in [1.82, 2.24) is 4.31 Å². The standard InChI is InChI=1S/C12H17NO5S/c1-13(2)19(14,15)7-3-6-16-10-4-5-11-12(8-10)18-9-17-11/h4-5,8H,3,6-7,9H2,1-2H3. The summed E-state index contributed by atoms with van der Waals surface area (Å²) in [6, 6.07) is 5.28. The molecular formula is C12H17NO5S. The van der Waals surface area contributed by atoms with Crippen LogP contribution >= 0.6 is 0 Å². The monoisotopic (exact) mass is 287 g/mol. The Bertz CT molecular complexity index is 541. The Labute approximate surface area is 112 Å². The van der Waals surface area contributed by atoms with Crippen LogP contribution in [0.1, 0.15) is 6.42 Å². The third kappa shape index (κ3) is 3.51. The van der Waals surface area contributed by atoms with E-state index in [1.165, 1.54) is 18.4 Å². The molecule has 1 heterocycles. The first-order valence-electron chi connectivity index (χ1n) is 5.92. The Morgan fingerprint density at radius 3 is 2.74 bits per heavy atom. The maximum atomic E-state index is 11.5. The van der Waals surface area contributed by atoms with Crippen molar-refractivity contribution in [3.05, 3.63) is 18.2 Å². The average Bonchev–Trinajstić information content (AvgIpc) is 2.81. The van der Waals surface area contributed by atoms with E-state index in [1.54, 1.807) is 18.2 Å². The van der Waals surface area contributed by atoms with Crippen molar-refractivity contribution < 1.29 is 22.6 Å². The lowest BCUT2D eigenvalue weighted by molar-refractivity contribution is 0.173. The number of rotatable bonds is 6. The van der Waals surface area contributed by atoms with Gasteiger partial charge < -0.3 is 14.2 Å². The molecule has 0 spiro atoms. The van der Waals surface area contributed by atoms with Gasteiger partial charge in [-0.25, -0.2) is 12.7 Å². The number of hydrogen-bond acceptors (Lipinski definition) is 5. The molecule has 2 rings (SSSR count). The highest BCUT2D eigenvalue weighted by atomic mass is 32.2. The van der Waals surface area contributed by atoms with Crippen molar-refractivity contribution in [2.75, 3.05) is 33.2 Å². The molecule has 7 heteroatoms. The maximum absolute atomic E-state index is 11.5. The van der Waals surface area contributed by atoms with Crippen molar-refractivity contribution in [2.45, 2.75) is 6.42 Å². The highest BCUT2D eigenvalue weighted by Gasteiger charge is 2.15. The molecule has 1 aromatic rings. The molecule has 6 nitrogen and oxygen atoms in total. The number of benzene rings is 1. The van der Waals surface area contributed by atoms with Gasteiger partial charge in [-0.3, -0.25) is 0 Å². The third-order valence-electron chi connectivity index (χ3n) is 2.72. The van der Waals surface area contributed by atoms with Gasteiger partial charge in [0.05, 0.1) is 12.4 Å². The van der Waals surface area contributed by atoms with E-state index in [0.29, 0.717) is 30.3 Å². The Balaban J connectivity index is 1.80. The number of ether oxygens (including phenoxy) is 3. The van der Waals surface area contributed by atoms with Crippen LogP contribution in [-0.4, -0.2) is 46.0 Å². The van der Waals surface area contributed by atoms with Crippen LogP contribution in [0.3, 0.4) is 0 Å². The molecule has 0 unspecified atom stereocenters. The van der Waals surface area contributed by atoms with Gasteiger partial charge in [-0.1, -0.05) is 0 Å². The van der Waals surface area contributed by atoms with E-state index in [9.17, 15) is 8.42 Å². The van der Waals surface area contributed by atoms with Crippen LogP contribution in [0, 0.1) is 0 Å². The van der Waals surface area contributed by atoms with Gasteiger partial charge in [0.1, 0.15) is 5.75 Å². The van der Waals surface area contributed by atoms with Gasteiger partial charge in [0.15, 0.2) is 11.5 Å². The topological polar surface area (TPSA) is 65.1 Å². The SMILES string of the molecule is CN(C)S(=O)(=O)CCCOc1ccc2c(c1)OCO2. The smallest absolute Gasteiger partial charge is 0.231 e. The Kier molecular flexibility index (Phi) is 4.16. The van der Waals surface area contributed by atoms with E-state index in [0.717, 1.165) is 0 Å². The molecule has 1 aliphatic rings. The first kappa shape index (κ1) is 14.0. The second kappa shape index (κ2) is 5.66. The highest BCUT2D eigenvalue weighted by molar-refractivity contribution is 7.89. The zero-order chi connectivity index (χ0) is 13.9. The summed E-state index contributed by atoms with van der Waals surface area (Å²) in [5.74, 6) is 2.07. The van der Waals surface area contributed by atoms with Gasteiger partial charge in [-0.2, -0.15) is 0 Å². The fourth-order valence-corrected chi connectivity index (χ4v) is 2.43. The van der Waals surface area contributed by atoms with Crippen molar-refractivity contribution >= 4 is 10.0 Å². The molecule has 1 aliphatic heterocycles. The summed E-state index contributed by atoms with van der Waals surface area (Å²) in [7, 11) is -0.110. The summed E-state index contributed by atoms with van der Waals surface area (Å²) < 4.78 is 40.2. The van der Waals surface area contributed by atoms with E-state index in [-0.39, 0.29) is 12.5 Å². The first-order chi connectivity index (χ1) is 8.99. The highest BCUT2D eigenvalue weighted by Crippen LogP contribution is 2.35. The summed E-state index contributed by atoms with van der Waals surface area (Å²) in [6.07, 6.45) is 0.439. The molecule has 0 radical (unpaired) electrons. The quantitative estimate of drug-likeness (QED) is 0.732. The maximum Gasteiger partial charge on any atom is 0.231 e. The lowest BCUT2D eigenvalue weighted by atomic mass is 10.3. The van der Waals surface area contributed by atoms with Crippen molar-refractivity contribution in [2.24, 2.45) is 0 Å². The number of hydrogen-bond donors (Lipinski definition) is 0. The Hall–Kier alpha value is -1.47. The normalized spacial score (nSPS) is 13.8. The van der Waals surface area contributed by atoms with Crippen LogP contribution in [-0.2, 0) is 10.0 Å². The zero-order valence-electron chi connectivity index (χ0n) is 11.0. The fourth-order valence-electron chi connectivity index (χ4n) is 1.58. The van der Waals surface area contributed by atoms with E-state index in [1.807, 2.05) is 0 Å². The molecule has 1 aromatic carbocycles.